The highest BCUT2D eigenvalue weighted by molar-refractivity contribution is 6.13. The summed E-state index contributed by atoms with van der Waals surface area (Å²) in [6, 6.07) is 66.2. The van der Waals surface area contributed by atoms with E-state index in [9.17, 15) is 0 Å². The molecule has 0 fully saturated rings. The first-order valence-electron chi connectivity index (χ1n) is 19.9. The molecule has 6 nitrogen and oxygen atoms in total. The van der Waals surface area contributed by atoms with Gasteiger partial charge in [0.25, 0.3) is 0 Å². The summed E-state index contributed by atoms with van der Waals surface area (Å²) in [5.74, 6) is 3.07. The molecule has 13 rings (SSSR count). The van der Waals surface area contributed by atoms with E-state index < -0.39 is 0 Å². The van der Waals surface area contributed by atoms with Crippen LogP contribution in [0.15, 0.2) is 194 Å². The maximum Gasteiger partial charge on any atom is 0.157 e. The third-order valence-corrected chi connectivity index (χ3v) is 11.9. The van der Waals surface area contributed by atoms with Crippen molar-refractivity contribution in [3.05, 3.63) is 194 Å². The first kappa shape index (κ1) is 32.0. The van der Waals surface area contributed by atoms with Crippen LogP contribution in [0.4, 0.5) is 17.1 Å². The number of pyridine rings is 1. The monoisotopic (exact) mass is 756 g/mol. The Morgan fingerprint density at radius 3 is 1.61 bits per heavy atom. The van der Waals surface area contributed by atoms with Crippen LogP contribution < -0.4 is 14.4 Å². The van der Waals surface area contributed by atoms with Crippen LogP contribution in [0, 0.1) is 0 Å². The van der Waals surface area contributed by atoms with Crippen molar-refractivity contribution in [3.8, 4) is 56.8 Å². The van der Waals surface area contributed by atoms with Crippen molar-refractivity contribution < 1.29 is 9.47 Å². The highest BCUT2D eigenvalue weighted by Gasteiger charge is 2.35. The van der Waals surface area contributed by atoms with Gasteiger partial charge >= 0.3 is 0 Å². The molecule has 5 heterocycles. The summed E-state index contributed by atoms with van der Waals surface area (Å²) in [7, 11) is 0. The number of hydrogen-bond acceptors (Lipinski definition) is 4. The van der Waals surface area contributed by atoms with E-state index in [4.69, 9.17) is 14.5 Å². The Bertz CT molecular complexity index is 3440. The van der Waals surface area contributed by atoms with Crippen molar-refractivity contribution in [2.45, 2.75) is 0 Å². The van der Waals surface area contributed by atoms with E-state index in [0.29, 0.717) is 0 Å². The molecule has 0 atom stereocenters. The Labute approximate surface area is 339 Å². The third kappa shape index (κ3) is 4.71. The predicted octanol–water partition coefficient (Wildman–Crippen LogP) is 14.3. The standard InChI is InChI=1S/C53H32N4O2/c1-3-13-33(14-4-1)34-23-25-44-39(27-34)40-28-35(24-26-45(40)55(44)36-15-5-2-6-16-36)42-31-41-38-17-7-8-18-43(38)56(48(41)32-54-42)37-29-51-53-52(30-37)59-50-22-12-10-20-47(50)57(53)46-19-9-11-21-49(46)58-51/h1-32H. The molecule has 0 unspecified atom stereocenters. The van der Waals surface area contributed by atoms with Gasteiger partial charge < -0.3 is 18.6 Å². The average molecular weight is 757 g/mol. The zero-order valence-electron chi connectivity index (χ0n) is 31.6. The molecule has 11 aromatic rings. The van der Waals surface area contributed by atoms with Crippen molar-refractivity contribution in [1.82, 2.24) is 14.1 Å². The zero-order chi connectivity index (χ0) is 38.6. The first-order valence-corrected chi connectivity index (χ1v) is 19.9. The summed E-state index contributed by atoms with van der Waals surface area (Å²) in [5, 5.41) is 4.65. The van der Waals surface area contributed by atoms with E-state index in [2.05, 4.69) is 166 Å². The number of aromatic nitrogens is 3. The smallest absolute Gasteiger partial charge is 0.157 e. The second-order valence-corrected chi connectivity index (χ2v) is 15.2. The van der Waals surface area contributed by atoms with Gasteiger partial charge in [-0.2, -0.15) is 0 Å². The van der Waals surface area contributed by atoms with Crippen molar-refractivity contribution in [2.24, 2.45) is 0 Å². The molecule has 0 radical (unpaired) electrons. The molecule has 2 aliphatic heterocycles. The largest absolute Gasteiger partial charge is 0.453 e. The Morgan fingerprint density at radius 2 is 0.898 bits per heavy atom. The van der Waals surface area contributed by atoms with Crippen LogP contribution in [0.25, 0.3) is 77.4 Å². The molecular formula is C53H32N4O2. The summed E-state index contributed by atoms with van der Waals surface area (Å²) in [4.78, 5) is 7.44. The lowest BCUT2D eigenvalue weighted by molar-refractivity contribution is 0.445. The van der Waals surface area contributed by atoms with Gasteiger partial charge in [0.15, 0.2) is 23.0 Å². The number of anilines is 3. The highest BCUT2D eigenvalue weighted by Crippen LogP contribution is 2.60. The minimum Gasteiger partial charge on any atom is -0.453 e. The van der Waals surface area contributed by atoms with Gasteiger partial charge in [-0.15, -0.1) is 0 Å². The normalized spacial score (nSPS) is 12.6. The number of hydrogen-bond donors (Lipinski definition) is 0. The van der Waals surface area contributed by atoms with Gasteiger partial charge in [0.1, 0.15) is 5.69 Å². The van der Waals surface area contributed by atoms with Crippen LogP contribution in [0.2, 0.25) is 0 Å². The van der Waals surface area contributed by atoms with Gasteiger partial charge in [-0.3, -0.25) is 9.88 Å². The Hall–Kier alpha value is -8.09. The molecule has 0 spiro atoms. The molecule has 0 saturated heterocycles. The number of fused-ring (bicyclic) bond motifs is 10. The molecule has 0 saturated carbocycles. The van der Waals surface area contributed by atoms with Crippen LogP contribution in [0.1, 0.15) is 0 Å². The molecule has 3 aromatic heterocycles. The van der Waals surface area contributed by atoms with Crippen LogP contribution in [-0.2, 0) is 0 Å². The fourth-order valence-electron chi connectivity index (χ4n) is 9.29. The van der Waals surface area contributed by atoms with E-state index in [-0.39, 0.29) is 0 Å². The fraction of sp³-hybridized carbons (Fsp3) is 0. The lowest BCUT2D eigenvalue weighted by atomic mass is 10.0. The minimum absolute atomic E-state index is 0.736. The number of para-hydroxylation sites is 6. The highest BCUT2D eigenvalue weighted by atomic mass is 16.5. The summed E-state index contributed by atoms with van der Waals surface area (Å²) >= 11 is 0. The van der Waals surface area contributed by atoms with Gasteiger partial charge in [-0.25, -0.2) is 0 Å². The van der Waals surface area contributed by atoms with Gasteiger partial charge in [-0.05, 0) is 83.9 Å². The molecule has 0 aliphatic carbocycles. The molecule has 0 amide bonds. The number of benzene rings is 8. The Balaban J connectivity index is 0.988. The maximum absolute atomic E-state index is 6.65. The van der Waals surface area contributed by atoms with Gasteiger partial charge in [0, 0.05) is 44.9 Å². The second kappa shape index (κ2) is 12.2. The van der Waals surface area contributed by atoms with Crippen LogP contribution in [-0.4, -0.2) is 14.1 Å². The second-order valence-electron chi connectivity index (χ2n) is 15.2. The summed E-state index contributed by atoms with van der Waals surface area (Å²) in [5.41, 5.74) is 13.7. The third-order valence-electron chi connectivity index (χ3n) is 11.9. The molecule has 0 bridgehead atoms. The van der Waals surface area contributed by atoms with E-state index in [1.54, 1.807) is 0 Å². The summed E-state index contributed by atoms with van der Waals surface area (Å²) < 4.78 is 17.9. The Morgan fingerprint density at radius 1 is 0.356 bits per heavy atom. The van der Waals surface area contributed by atoms with Gasteiger partial charge in [0.2, 0.25) is 0 Å². The van der Waals surface area contributed by atoms with E-state index >= 15 is 0 Å². The lowest BCUT2D eigenvalue weighted by Gasteiger charge is -2.38. The number of ether oxygens (including phenoxy) is 2. The van der Waals surface area contributed by atoms with Crippen LogP contribution in [0.3, 0.4) is 0 Å². The van der Waals surface area contributed by atoms with Gasteiger partial charge in [-0.1, -0.05) is 103 Å². The molecule has 8 aromatic carbocycles. The molecule has 276 valence electrons. The molecule has 6 heteroatoms. The maximum atomic E-state index is 6.65. The molecular weight excluding hydrogens is 725 g/mol. The predicted molar refractivity (Wildman–Crippen MR) is 239 cm³/mol. The van der Waals surface area contributed by atoms with E-state index in [0.717, 1.165) is 90.0 Å². The fourth-order valence-corrected chi connectivity index (χ4v) is 9.29. The average Bonchev–Trinajstić information content (AvgIpc) is 3.81. The summed E-state index contributed by atoms with van der Waals surface area (Å²) in [6.07, 6.45) is 2.01. The van der Waals surface area contributed by atoms with Crippen molar-refractivity contribution in [1.29, 1.82) is 0 Å². The van der Waals surface area contributed by atoms with Crippen molar-refractivity contribution in [2.75, 3.05) is 4.90 Å². The molecule has 59 heavy (non-hydrogen) atoms. The SMILES string of the molecule is c1ccc(-c2ccc3c(c2)c2cc(-c4cc5c6ccccc6n(-c6cc7c8c(c6)Oc6ccccc6N8c6ccccc6O7)c5cn4)ccc2n3-c2ccccc2)cc1. The van der Waals surface area contributed by atoms with Crippen LogP contribution >= 0.6 is 0 Å². The van der Waals surface area contributed by atoms with E-state index in [1.165, 1.54) is 27.4 Å². The van der Waals surface area contributed by atoms with Crippen molar-refractivity contribution >= 4 is 60.7 Å². The number of nitrogens with zero attached hydrogens (tertiary/aromatic N) is 4. The zero-order valence-corrected chi connectivity index (χ0v) is 31.6. The minimum atomic E-state index is 0.736. The van der Waals surface area contributed by atoms with Gasteiger partial charge in [0.05, 0.1) is 51.0 Å². The lowest BCUT2D eigenvalue weighted by Crippen LogP contribution is -2.20. The number of rotatable bonds is 4. The van der Waals surface area contributed by atoms with Crippen LogP contribution in [0.5, 0.6) is 23.0 Å². The summed E-state index contributed by atoms with van der Waals surface area (Å²) in [6.45, 7) is 0. The topological polar surface area (TPSA) is 44.4 Å². The first-order chi connectivity index (χ1) is 29.2. The van der Waals surface area contributed by atoms with E-state index in [1.807, 2.05) is 42.6 Å². The Kier molecular flexibility index (Phi) is 6.63. The molecule has 2 aliphatic rings. The van der Waals surface area contributed by atoms with Crippen molar-refractivity contribution in [3.63, 3.8) is 0 Å². The quantitative estimate of drug-likeness (QED) is 0.179. The molecule has 0 N–H and O–H groups in total.